The number of hydrogen-bond acceptors (Lipinski definition) is 3. The zero-order valence-electron chi connectivity index (χ0n) is 10.6. The molecule has 1 aromatic rings. The van der Waals surface area contributed by atoms with Crippen LogP contribution in [0.5, 0.6) is 0 Å². The molecule has 0 spiro atoms. The fraction of sp³-hybridized carbons (Fsp3) is 0.500. The zero-order chi connectivity index (χ0) is 13.1. The Morgan fingerprint density at radius 2 is 2.17 bits per heavy atom. The smallest absolute Gasteiger partial charge is 0.303 e. The van der Waals surface area contributed by atoms with Crippen LogP contribution in [0.3, 0.4) is 0 Å². The van der Waals surface area contributed by atoms with Gasteiger partial charge >= 0.3 is 5.97 Å². The van der Waals surface area contributed by atoms with Crippen LogP contribution >= 0.6 is 0 Å². The van der Waals surface area contributed by atoms with E-state index in [1.165, 1.54) is 11.1 Å². The van der Waals surface area contributed by atoms with Gasteiger partial charge in [-0.3, -0.25) is 4.79 Å². The van der Waals surface area contributed by atoms with Crippen molar-refractivity contribution in [2.45, 2.75) is 39.0 Å². The van der Waals surface area contributed by atoms with Gasteiger partial charge in [0.05, 0.1) is 13.2 Å². The minimum absolute atomic E-state index is 0.0852. The van der Waals surface area contributed by atoms with Gasteiger partial charge in [-0.2, -0.15) is 0 Å². The van der Waals surface area contributed by atoms with E-state index in [1.54, 1.807) is 0 Å². The predicted octanol–water partition coefficient (Wildman–Crippen LogP) is 2.22. The van der Waals surface area contributed by atoms with Gasteiger partial charge in [-0.15, -0.1) is 0 Å². The first-order valence-electron chi connectivity index (χ1n) is 6.23. The molecule has 1 aromatic carbocycles. The summed E-state index contributed by atoms with van der Waals surface area (Å²) in [6.45, 7) is 3.26. The van der Waals surface area contributed by atoms with E-state index in [4.69, 9.17) is 15.6 Å². The van der Waals surface area contributed by atoms with E-state index in [0.717, 1.165) is 5.56 Å². The van der Waals surface area contributed by atoms with E-state index in [-0.39, 0.29) is 18.4 Å². The Hall–Kier alpha value is -1.39. The van der Waals surface area contributed by atoms with E-state index < -0.39 is 5.97 Å². The van der Waals surface area contributed by atoms with E-state index in [1.807, 2.05) is 13.0 Å². The molecular weight excluding hydrogens is 230 g/mol. The lowest BCUT2D eigenvalue weighted by molar-refractivity contribution is -0.138. The van der Waals surface area contributed by atoms with Crippen LogP contribution in [0.4, 0.5) is 0 Å². The summed E-state index contributed by atoms with van der Waals surface area (Å²) in [5.41, 5.74) is 9.63. The highest BCUT2D eigenvalue weighted by Crippen LogP contribution is 2.26. The molecule has 1 heterocycles. The highest BCUT2D eigenvalue weighted by molar-refractivity contribution is 5.66. The minimum Gasteiger partial charge on any atom is -0.481 e. The number of nitrogens with two attached hydrogens (primary N) is 1. The number of aliphatic carboxylic acids is 1. The van der Waals surface area contributed by atoms with Gasteiger partial charge in [0.25, 0.3) is 0 Å². The summed E-state index contributed by atoms with van der Waals surface area (Å²) in [7, 11) is 0. The molecule has 18 heavy (non-hydrogen) atoms. The summed E-state index contributed by atoms with van der Waals surface area (Å²) in [5.74, 6) is -0.681. The molecule has 0 aromatic heterocycles. The Kier molecular flexibility index (Phi) is 3.99. The average Bonchev–Trinajstić information content (AvgIpc) is 2.74. The Morgan fingerprint density at radius 1 is 1.44 bits per heavy atom. The van der Waals surface area contributed by atoms with Crippen LogP contribution in [-0.4, -0.2) is 11.1 Å². The highest BCUT2D eigenvalue weighted by atomic mass is 16.5. The fourth-order valence-corrected chi connectivity index (χ4v) is 2.37. The molecule has 0 saturated heterocycles. The maximum atomic E-state index is 10.6. The molecule has 4 nitrogen and oxygen atoms in total. The molecule has 0 fully saturated rings. The van der Waals surface area contributed by atoms with Crippen molar-refractivity contribution >= 4 is 5.97 Å². The topological polar surface area (TPSA) is 72.5 Å². The van der Waals surface area contributed by atoms with Crippen molar-refractivity contribution in [2.24, 2.45) is 11.7 Å². The normalized spacial score (nSPS) is 17.2. The summed E-state index contributed by atoms with van der Waals surface area (Å²) in [6, 6.07) is 6.05. The molecule has 98 valence electrons. The second kappa shape index (κ2) is 5.50. The van der Waals surface area contributed by atoms with Crippen LogP contribution in [0, 0.1) is 5.92 Å². The van der Waals surface area contributed by atoms with E-state index in [9.17, 15) is 4.79 Å². The van der Waals surface area contributed by atoms with Crippen molar-refractivity contribution in [3.63, 3.8) is 0 Å². The molecule has 1 aliphatic rings. The molecule has 4 heteroatoms. The summed E-state index contributed by atoms with van der Waals surface area (Å²) in [6.07, 6.45) is 0.855. The van der Waals surface area contributed by atoms with Crippen molar-refractivity contribution in [1.29, 1.82) is 0 Å². The van der Waals surface area contributed by atoms with E-state index in [2.05, 4.69) is 12.1 Å². The van der Waals surface area contributed by atoms with Gasteiger partial charge in [-0.1, -0.05) is 25.1 Å². The molecule has 0 amide bonds. The van der Waals surface area contributed by atoms with Gasteiger partial charge in [0, 0.05) is 12.5 Å². The molecule has 0 aliphatic carbocycles. The van der Waals surface area contributed by atoms with Crippen LogP contribution < -0.4 is 5.73 Å². The highest BCUT2D eigenvalue weighted by Gasteiger charge is 2.17. The van der Waals surface area contributed by atoms with Crippen LogP contribution in [0.25, 0.3) is 0 Å². The molecule has 3 N–H and O–H groups in total. The standard InChI is InChI=1S/C14H19NO3/c1-9(5-14(16)17)4-13(15)10-2-3-11-7-18-8-12(11)6-10/h2-3,6,9,13H,4-5,7-8,15H2,1H3,(H,16,17). The van der Waals surface area contributed by atoms with Gasteiger partial charge < -0.3 is 15.6 Å². The average molecular weight is 249 g/mol. The summed E-state index contributed by atoms with van der Waals surface area (Å²) in [5, 5.41) is 8.74. The van der Waals surface area contributed by atoms with Gasteiger partial charge in [-0.25, -0.2) is 0 Å². The van der Waals surface area contributed by atoms with Gasteiger partial charge in [-0.05, 0) is 29.0 Å². The number of carbonyl (C=O) groups is 1. The predicted molar refractivity (Wildman–Crippen MR) is 67.9 cm³/mol. The quantitative estimate of drug-likeness (QED) is 0.839. The number of ether oxygens (including phenoxy) is 1. The van der Waals surface area contributed by atoms with Crippen molar-refractivity contribution in [1.82, 2.24) is 0 Å². The Labute approximate surface area is 107 Å². The van der Waals surface area contributed by atoms with Crippen LogP contribution in [-0.2, 0) is 22.7 Å². The lowest BCUT2D eigenvalue weighted by atomic mass is 9.93. The number of carboxylic acids is 1. The van der Waals surface area contributed by atoms with Crippen molar-refractivity contribution in [3.8, 4) is 0 Å². The molecule has 2 rings (SSSR count). The van der Waals surface area contributed by atoms with E-state index >= 15 is 0 Å². The molecule has 2 atom stereocenters. The van der Waals surface area contributed by atoms with Crippen LogP contribution in [0.15, 0.2) is 18.2 Å². The third kappa shape index (κ3) is 3.09. The first-order chi connectivity index (χ1) is 8.56. The van der Waals surface area contributed by atoms with Crippen LogP contribution in [0.1, 0.15) is 42.5 Å². The first kappa shape index (κ1) is 13.1. The Morgan fingerprint density at radius 3 is 2.89 bits per heavy atom. The second-order valence-corrected chi connectivity index (χ2v) is 5.07. The number of fused-ring (bicyclic) bond motifs is 1. The third-order valence-corrected chi connectivity index (χ3v) is 3.35. The lowest BCUT2D eigenvalue weighted by Crippen LogP contribution is -2.16. The number of carboxylic acid groups (broad SMARTS) is 1. The molecule has 0 saturated carbocycles. The Balaban J connectivity index is 2.00. The van der Waals surface area contributed by atoms with Crippen molar-refractivity contribution in [3.05, 3.63) is 34.9 Å². The van der Waals surface area contributed by atoms with Crippen LogP contribution in [0.2, 0.25) is 0 Å². The fourth-order valence-electron chi connectivity index (χ4n) is 2.37. The summed E-state index contributed by atoms with van der Waals surface area (Å²) in [4.78, 5) is 10.6. The minimum atomic E-state index is -0.767. The summed E-state index contributed by atoms with van der Waals surface area (Å²) >= 11 is 0. The zero-order valence-corrected chi connectivity index (χ0v) is 10.6. The molecular formula is C14H19NO3. The molecule has 0 bridgehead atoms. The number of benzene rings is 1. The third-order valence-electron chi connectivity index (χ3n) is 3.35. The molecule has 2 unspecified atom stereocenters. The van der Waals surface area contributed by atoms with Crippen molar-refractivity contribution in [2.75, 3.05) is 0 Å². The Bertz CT molecular complexity index is 445. The SMILES string of the molecule is CC(CC(=O)O)CC(N)c1ccc2c(c1)COC2. The second-order valence-electron chi connectivity index (χ2n) is 5.07. The van der Waals surface area contributed by atoms with Gasteiger partial charge in [0.1, 0.15) is 0 Å². The number of hydrogen-bond donors (Lipinski definition) is 2. The van der Waals surface area contributed by atoms with Gasteiger partial charge in [0.15, 0.2) is 0 Å². The van der Waals surface area contributed by atoms with E-state index in [0.29, 0.717) is 19.6 Å². The maximum Gasteiger partial charge on any atom is 0.303 e. The largest absolute Gasteiger partial charge is 0.481 e. The van der Waals surface area contributed by atoms with Gasteiger partial charge in [0.2, 0.25) is 0 Å². The number of rotatable bonds is 5. The van der Waals surface area contributed by atoms with Crippen molar-refractivity contribution < 1.29 is 14.6 Å². The maximum absolute atomic E-state index is 10.6. The molecule has 1 aliphatic heterocycles. The summed E-state index contributed by atoms with van der Waals surface area (Å²) < 4.78 is 5.36. The monoisotopic (exact) mass is 249 g/mol. The molecule has 0 radical (unpaired) electrons. The first-order valence-corrected chi connectivity index (χ1v) is 6.23. The lowest BCUT2D eigenvalue weighted by Gasteiger charge is -2.17.